The molecule has 1 aliphatic carbocycles. The normalized spacial score (nSPS) is 15.7. The summed E-state index contributed by atoms with van der Waals surface area (Å²) in [5.74, 6) is 0.280. The smallest absolute Gasteiger partial charge is 0.235 e. The van der Waals surface area contributed by atoms with Crippen LogP contribution < -0.4 is 10.1 Å². The van der Waals surface area contributed by atoms with Crippen LogP contribution in [0, 0.1) is 5.82 Å². The minimum atomic E-state index is -0.561. The number of amides is 1. The van der Waals surface area contributed by atoms with E-state index in [-0.39, 0.29) is 11.7 Å². The Bertz CT molecular complexity index is 678. The zero-order valence-electron chi connectivity index (χ0n) is 12.4. The van der Waals surface area contributed by atoms with Crippen LogP contribution in [0.3, 0.4) is 0 Å². The van der Waals surface area contributed by atoms with E-state index in [1.165, 1.54) is 12.1 Å². The fourth-order valence-electron chi connectivity index (χ4n) is 2.94. The van der Waals surface area contributed by atoms with Gasteiger partial charge in [-0.15, -0.1) is 0 Å². The summed E-state index contributed by atoms with van der Waals surface area (Å²) in [6.07, 6.45) is 2.55. The molecule has 0 bridgehead atoms. The first-order valence-electron chi connectivity index (χ1n) is 7.36. The fourth-order valence-corrected chi connectivity index (χ4v) is 2.94. The summed E-state index contributed by atoms with van der Waals surface area (Å²) in [6, 6.07) is 13.6. The van der Waals surface area contributed by atoms with E-state index >= 15 is 0 Å². The van der Waals surface area contributed by atoms with E-state index in [0.717, 1.165) is 24.8 Å². The van der Waals surface area contributed by atoms with Gasteiger partial charge >= 0.3 is 0 Å². The van der Waals surface area contributed by atoms with Crippen molar-refractivity contribution in [2.75, 3.05) is 12.4 Å². The van der Waals surface area contributed by atoms with Gasteiger partial charge in [-0.2, -0.15) is 0 Å². The molecule has 1 saturated carbocycles. The maximum atomic E-state index is 13.1. The third kappa shape index (κ3) is 2.45. The second-order valence-corrected chi connectivity index (χ2v) is 5.60. The van der Waals surface area contributed by atoms with Crippen molar-refractivity contribution in [2.45, 2.75) is 24.7 Å². The topological polar surface area (TPSA) is 38.3 Å². The van der Waals surface area contributed by atoms with Crippen LogP contribution in [0.1, 0.15) is 24.8 Å². The summed E-state index contributed by atoms with van der Waals surface area (Å²) in [6.45, 7) is 0. The molecule has 1 amide bonds. The SMILES string of the molecule is COc1ccccc1NC(=O)C1(c2ccc(F)cc2)CCC1. The van der Waals surface area contributed by atoms with E-state index in [0.29, 0.717) is 11.4 Å². The molecule has 4 heteroatoms. The second-order valence-electron chi connectivity index (χ2n) is 5.60. The van der Waals surface area contributed by atoms with Gasteiger partial charge in [0.15, 0.2) is 0 Å². The first-order chi connectivity index (χ1) is 10.7. The number of benzene rings is 2. The number of carbonyl (C=O) groups excluding carboxylic acids is 1. The monoisotopic (exact) mass is 299 g/mol. The summed E-state index contributed by atoms with van der Waals surface area (Å²) >= 11 is 0. The van der Waals surface area contributed by atoms with E-state index in [1.54, 1.807) is 25.3 Å². The van der Waals surface area contributed by atoms with E-state index in [9.17, 15) is 9.18 Å². The molecule has 114 valence electrons. The van der Waals surface area contributed by atoms with Crippen molar-refractivity contribution in [3.05, 3.63) is 59.9 Å². The number of para-hydroxylation sites is 2. The van der Waals surface area contributed by atoms with Crippen LogP contribution in [0.2, 0.25) is 0 Å². The molecule has 2 aromatic rings. The van der Waals surface area contributed by atoms with Crippen molar-refractivity contribution in [3.8, 4) is 5.75 Å². The van der Waals surface area contributed by atoms with Crippen LogP contribution in [0.5, 0.6) is 5.75 Å². The number of halogens is 1. The lowest BCUT2D eigenvalue weighted by atomic mass is 9.64. The average Bonchev–Trinajstić information content (AvgIpc) is 2.48. The predicted octanol–water partition coefficient (Wildman–Crippen LogP) is 3.89. The van der Waals surface area contributed by atoms with Crippen molar-refractivity contribution >= 4 is 11.6 Å². The van der Waals surface area contributed by atoms with Crippen LogP contribution in [-0.4, -0.2) is 13.0 Å². The Morgan fingerprint density at radius 3 is 2.41 bits per heavy atom. The highest BCUT2D eigenvalue weighted by atomic mass is 19.1. The standard InChI is InChI=1S/C18H18FNO2/c1-22-16-6-3-2-5-15(16)20-17(21)18(11-4-12-18)13-7-9-14(19)10-8-13/h2-3,5-10H,4,11-12H2,1H3,(H,20,21). The predicted molar refractivity (Wildman–Crippen MR) is 83.6 cm³/mol. The molecule has 0 atom stereocenters. The number of methoxy groups -OCH3 is 1. The molecule has 3 rings (SSSR count). The summed E-state index contributed by atoms with van der Waals surface area (Å²) in [5.41, 5.74) is 0.963. The molecule has 0 heterocycles. The van der Waals surface area contributed by atoms with Gasteiger partial charge in [-0.05, 0) is 42.7 Å². The lowest BCUT2D eigenvalue weighted by molar-refractivity contribution is -0.124. The Labute approximate surface area is 129 Å². The Hall–Kier alpha value is -2.36. The van der Waals surface area contributed by atoms with Gasteiger partial charge in [0.2, 0.25) is 5.91 Å². The highest BCUT2D eigenvalue weighted by Gasteiger charge is 2.45. The number of rotatable bonds is 4. The van der Waals surface area contributed by atoms with Crippen LogP contribution in [-0.2, 0) is 10.2 Å². The third-order valence-corrected chi connectivity index (χ3v) is 4.39. The molecule has 0 spiro atoms. The van der Waals surface area contributed by atoms with E-state index in [1.807, 2.05) is 18.2 Å². The van der Waals surface area contributed by atoms with Crippen LogP contribution >= 0.6 is 0 Å². The number of anilines is 1. The number of nitrogens with one attached hydrogen (secondary N) is 1. The Morgan fingerprint density at radius 1 is 1.14 bits per heavy atom. The molecule has 0 unspecified atom stereocenters. The zero-order chi connectivity index (χ0) is 15.6. The highest BCUT2D eigenvalue weighted by molar-refractivity contribution is 6.00. The van der Waals surface area contributed by atoms with Gasteiger partial charge in [0, 0.05) is 0 Å². The lowest BCUT2D eigenvalue weighted by Crippen LogP contribution is -2.46. The number of hydrogen-bond acceptors (Lipinski definition) is 2. The number of hydrogen-bond donors (Lipinski definition) is 1. The fraction of sp³-hybridized carbons (Fsp3) is 0.278. The van der Waals surface area contributed by atoms with E-state index in [4.69, 9.17) is 4.74 Å². The molecular formula is C18H18FNO2. The first-order valence-corrected chi connectivity index (χ1v) is 7.36. The van der Waals surface area contributed by atoms with E-state index < -0.39 is 5.41 Å². The van der Waals surface area contributed by atoms with Crippen molar-refractivity contribution in [1.82, 2.24) is 0 Å². The van der Waals surface area contributed by atoms with Gasteiger partial charge in [0.05, 0.1) is 18.2 Å². The Balaban J connectivity index is 1.87. The molecule has 22 heavy (non-hydrogen) atoms. The molecule has 1 N–H and O–H groups in total. The van der Waals surface area contributed by atoms with Crippen LogP contribution in [0.25, 0.3) is 0 Å². The maximum Gasteiger partial charge on any atom is 0.235 e. The molecule has 1 fully saturated rings. The average molecular weight is 299 g/mol. The van der Waals surface area contributed by atoms with Gasteiger partial charge in [-0.3, -0.25) is 4.79 Å². The van der Waals surface area contributed by atoms with Gasteiger partial charge in [0.25, 0.3) is 0 Å². The number of carbonyl (C=O) groups is 1. The molecule has 0 saturated heterocycles. The zero-order valence-corrected chi connectivity index (χ0v) is 12.4. The molecule has 3 nitrogen and oxygen atoms in total. The van der Waals surface area contributed by atoms with Crippen LogP contribution in [0.4, 0.5) is 10.1 Å². The van der Waals surface area contributed by atoms with Gasteiger partial charge < -0.3 is 10.1 Å². The van der Waals surface area contributed by atoms with Gasteiger partial charge in [0.1, 0.15) is 11.6 Å². The first kappa shape index (κ1) is 14.6. The second kappa shape index (κ2) is 5.79. The lowest BCUT2D eigenvalue weighted by Gasteiger charge is -2.40. The maximum absolute atomic E-state index is 13.1. The van der Waals surface area contributed by atoms with Gasteiger partial charge in [-0.25, -0.2) is 4.39 Å². The quantitative estimate of drug-likeness (QED) is 0.930. The largest absolute Gasteiger partial charge is 0.495 e. The summed E-state index contributed by atoms with van der Waals surface area (Å²) in [5, 5.41) is 2.96. The van der Waals surface area contributed by atoms with Crippen LogP contribution in [0.15, 0.2) is 48.5 Å². The summed E-state index contributed by atoms with van der Waals surface area (Å²) < 4.78 is 18.4. The van der Waals surface area contributed by atoms with Crippen molar-refractivity contribution in [2.24, 2.45) is 0 Å². The molecular weight excluding hydrogens is 281 g/mol. The minimum Gasteiger partial charge on any atom is -0.495 e. The van der Waals surface area contributed by atoms with Crippen molar-refractivity contribution in [3.63, 3.8) is 0 Å². The molecule has 0 aromatic heterocycles. The van der Waals surface area contributed by atoms with E-state index in [2.05, 4.69) is 5.32 Å². The Kier molecular flexibility index (Phi) is 3.84. The summed E-state index contributed by atoms with van der Waals surface area (Å²) in [7, 11) is 1.57. The molecule has 1 aliphatic rings. The van der Waals surface area contributed by atoms with Crippen molar-refractivity contribution in [1.29, 1.82) is 0 Å². The van der Waals surface area contributed by atoms with Gasteiger partial charge in [-0.1, -0.05) is 30.7 Å². The molecule has 2 aromatic carbocycles. The number of ether oxygens (including phenoxy) is 1. The molecule has 0 radical (unpaired) electrons. The molecule has 0 aliphatic heterocycles. The summed E-state index contributed by atoms with van der Waals surface area (Å²) in [4.78, 5) is 12.8. The Morgan fingerprint density at radius 2 is 1.82 bits per heavy atom. The minimum absolute atomic E-state index is 0.0603. The van der Waals surface area contributed by atoms with Crippen molar-refractivity contribution < 1.29 is 13.9 Å². The third-order valence-electron chi connectivity index (χ3n) is 4.39. The highest BCUT2D eigenvalue weighted by Crippen LogP contribution is 2.45.